The molecule has 3 aromatic carbocycles. The third-order valence-corrected chi connectivity index (χ3v) is 7.71. The van der Waals surface area contributed by atoms with Crippen LogP contribution in [0.2, 0.25) is 5.02 Å². The normalized spacial score (nSPS) is 11.3. The Balaban J connectivity index is 0.00000625. The number of hydroxylamine groups is 1. The highest BCUT2D eigenvalue weighted by Gasteiger charge is 2.29. The number of likely N-dealkylation sites (N-methyl/N-ethyl adjacent to an activating group) is 1. The molecule has 1 aromatic heterocycles. The zero-order valence-electron chi connectivity index (χ0n) is 25.8. The molecule has 48 heavy (non-hydrogen) atoms. The lowest BCUT2D eigenvalue weighted by Crippen LogP contribution is -2.35. The van der Waals surface area contributed by atoms with Crippen LogP contribution in [0.1, 0.15) is 29.6 Å². The van der Waals surface area contributed by atoms with E-state index in [1.807, 2.05) is 19.0 Å². The summed E-state index contributed by atoms with van der Waals surface area (Å²) in [5.74, 6) is -1.41. The number of rotatable bonds is 13. The van der Waals surface area contributed by atoms with Gasteiger partial charge in [0.15, 0.2) is 0 Å². The van der Waals surface area contributed by atoms with Crippen molar-refractivity contribution in [2.45, 2.75) is 36.3 Å². The number of urea groups is 1. The van der Waals surface area contributed by atoms with Crippen molar-refractivity contribution in [3.8, 4) is 0 Å². The van der Waals surface area contributed by atoms with Crippen molar-refractivity contribution in [2.75, 3.05) is 37.6 Å². The molecule has 1 heterocycles. The Kier molecular flexibility index (Phi) is 14.1. The molecule has 0 spiro atoms. The fraction of sp³-hybridized carbons (Fsp3) is 0.281. The maximum Gasteiger partial charge on any atom is 0.446 e. The summed E-state index contributed by atoms with van der Waals surface area (Å²) < 4.78 is 59.1. The second-order valence-electron chi connectivity index (χ2n) is 10.5. The number of fused-ring (bicyclic) bond motifs is 1. The summed E-state index contributed by atoms with van der Waals surface area (Å²) in [4.78, 5) is 46.3. The molecular formula is C32H32Cl2F4N4O5S. The van der Waals surface area contributed by atoms with Gasteiger partial charge in [-0.2, -0.15) is 18.2 Å². The minimum atomic E-state index is -4.49. The number of alkyl halides is 3. The number of esters is 1. The molecule has 0 saturated carbocycles. The third-order valence-electron chi connectivity index (χ3n) is 6.63. The average molecular weight is 732 g/mol. The van der Waals surface area contributed by atoms with Crippen molar-refractivity contribution >= 4 is 76.0 Å². The van der Waals surface area contributed by atoms with Crippen LogP contribution in [-0.4, -0.2) is 60.1 Å². The zero-order chi connectivity index (χ0) is 34.1. The Morgan fingerprint density at radius 2 is 1.73 bits per heavy atom. The van der Waals surface area contributed by atoms with Crippen molar-refractivity contribution in [1.82, 2.24) is 9.47 Å². The molecule has 9 nitrogen and oxygen atoms in total. The number of carbonyl (C=O) groups excluding carboxylic acids is 3. The van der Waals surface area contributed by atoms with E-state index in [2.05, 4.69) is 5.32 Å². The Morgan fingerprint density at radius 3 is 2.40 bits per heavy atom. The SMILES string of the molecule is CN(C)CCOC(=O)CCCC(=O)n1cc(NC(=O)N(OCc2ccc(SC(F)(F)F)cc2Cl)c2ccccc2)c2cc(F)ccc21.Cl. The number of para-hydroxylation sites is 1. The molecule has 0 aliphatic heterocycles. The molecule has 0 aliphatic carbocycles. The molecule has 0 bridgehead atoms. The van der Waals surface area contributed by atoms with Crippen molar-refractivity contribution in [1.29, 1.82) is 0 Å². The first-order chi connectivity index (χ1) is 22.3. The van der Waals surface area contributed by atoms with Gasteiger partial charge in [0.25, 0.3) is 0 Å². The lowest BCUT2D eigenvalue weighted by Gasteiger charge is -2.22. The Labute approximate surface area is 289 Å². The van der Waals surface area contributed by atoms with E-state index < -0.39 is 23.3 Å². The summed E-state index contributed by atoms with van der Waals surface area (Å²) >= 11 is 5.91. The molecule has 1 N–H and O–H groups in total. The van der Waals surface area contributed by atoms with Gasteiger partial charge in [0.05, 0.1) is 16.9 Å². The van der Waals surface area contributed by atoms with Crippen LogP contribution < -0.4 is 10.4 Å². The molecule has 0 saturated heterocycles. The second-order valence-corrected chi connectivity index (χ2v) is 12.0. The van der Waals surface area contributed by atoms with Crippen LogP contribution in [0.25, 0.3) is 10.9 Å². The van der Waals surface area contributed by atoms with E-state index in [9.17, 15) is 31.9 Å². The molecule has 0 atom stereocenters. The van der Waals surface area contributed by atoms with Gasteiger partial charge in [-0.3, -0.25) is 19.0 Å². The van der Waals surface area contributed by atoms with Gasteiger partial charge in [-0.15, -0.1) is 12.4 Å². The number of ether oxygens (including phenoxy) is 1. The van der Waals surface area contributed by atoms with Gasteiger partial charge in [0, 0.05) is 40.9 Å². The van der Waals surface area contributed by atoms with Crippen LogP contribution in [-0.2, 0) is 21.0 Å². The quantitative estimate of drug-likeness (QED) is 0.0638. The topological polar surface area (TPSA) is 93.1 Å². The number of nitrogens with one attached hydrogen (secondary N) is 1. The molecule has 0 aliphatic rings. The van der Waals surface area contributed by atoms with Crippen LogP contribution >= 0.6 is 35.8 Å². The number of hydrogen-bond donors (Lipinski definition) is 1. The number of halogens is 6. The summed E-state index contributed by atoms with van der Waals surface area (Å²) in [7, 11) is 3.70. The predicted molar refractivity (Wildman–Crippen MR) is 179 cm³/mol. The lowest BCUT2D eigenvalue weighted by atomic mass is 10.2. The molecule has 4 rings (SSSR count). The molecule has 4 aromatic rings. The Bertz CT molecular complexity index is 1720. The third kappa shape index (κ3) is 11.1. The summed E-state index contributed by atoms with van der Waals surface area (Å²) in [6.45, 7) is 0.522. The van der Waals surface area contributed by atoms with E-state index in [4.69, 9.17) is 21.2 Å². The van der Waals surface area contributed by atoms with Crippen molar-refractivity contribution in [3.63, 3.8) is 0 Å². The van der Waals surface area contributed by atoms with Crippen molar-refractivity contribution in [2.24, 2.45) is 0 Å². The summed E-state index contributed by atoms with van der Waals surface area (Å²) in [6.07, 6.45) is 1.60. The van der Waals surface area contributed by atoms with E-state index in [0.717, 1.165) is 11.1 Å². The van der Waals surface area contributed by atoms with E-state index in [0.29, 0.717) is 23.3 Å². The minimum absolute atomic E-state index is 0. The molecule has 258 valence electrons. The Morgan fingerprint density at radius 1 is 1.00 bits per heavy atom. The molecule has 0 fully saturated rings. The number of nitrogens with zero attached hydrogens (tertiary/aromatic N) is 3. The smallest absolute Gasteiger partial charge is 0.446 e. The number of amides is 2. The van der Waals surface area contributed by atoms with Gasteiger partial charge in [-0.25, -0.2) is 9.18 Å². The maximum absolute atomic E-state index is 14.3. The van der Waals surface area contributed by atoms with Gasteiger partial charge in [0.2, 0.25) is 5.91 Å². The fourth-order valence-corrected chi connectivity index (χ4v) is 5.26. The van der Waals surface area contributed by atoms with Gasteiger partial charge < -0.3 is 15.0 Å². The summed E-state index contributed by atoms with van der Waals surface area (Å²) in [6, 6.07) is 14.9. The van der Waals surface area contributed by atoms with Crippen LogP contribution in [0.5, 0.6) is 0 Å². The van der Waals surface area contributed by atoms with Crippen LogP contribution in [0, 0.1) is 5.82 Å². The number of benzene rings is 3. The molecule has 16 heteroatoms. The molecule has 2 amide bonds. The van der Waals surface area contributed by atoms with Gasteiger partial charge in [0.1, 0.15) is 19.0 Å². The summed E-state index contributed by atoms with van der Waals surface area (Å²) in [5.41, 5.74) is -3.43. The van der Waals surface area contributed by atoms with E-state index in [1.54, 1.807) is 30.3 Å². The number of carbonyl (C=O) groups is 3. The largest absolute Gasteiger partial charge is 0.464 e. The Hall–Kier alpha value is -3.82. The predicted octanol–water partition coefficient (Wildman–Crippen LogP) is 8.55. The van der Waals surface area contributed by atoms with Crippen molar-refractivity contribution in [3.05, 3.63) is 89.3 Å². The van der Waals surface area contributed by atoms with Crippen LogP contribution in [0.4, 0.5) is 33.7 Å². The monoisotopic (exact) mass is 730 g/mol. The lowest BCUT2D eigenvalue weighted by molar-refractivity contribution is -0.144. The van der Waals surface area contributed by atoms with E-state index in [1.165, 1.54) is 41.1 Å². The summed E-state index contributed by atoms with van der Waals surface area (Å²) in [5, 5.41) is 3.82. The highest BCUT2D eigenvalue weighted by molar-refractivity contribution is 8.00. The highest BCUT2D eigenvalue weighted by Crippen LogP contribution is 2.38. The second kappa shape index (κ2) is 17.5. The van der Waals surface area contributed by atoms with Gasteiger partial charge >= 0.3 is 17.5 Å². The highest BCUT2D eigenvalue weighted by atomic mass is 35.5. The van der Waals surface area contributed by atoms with E-state index >= 15 is 0 Å². The number of hydrogen-bond acceptors (Lipinski definition) is 7. The number of anilines is 2. The molecule has 0 radical (unpaired) electrons. The first-order valence-corrected chi connectivity index (χ1v) is 15.5. The van der Waals surface area contributed by atoms with Crippen LogP contribution in [0.15, 0.2) is 77.8 Å². The zero-order valence-corrected chi connectivity index (χ0v) is 28.1. The first-order valence-electron chi connectivity index (χ1n) is 14.3. The number of aromatic nitrogens is 1. The van der Waals surface area contributed by atoms with Crippen LogP contribution in [0.3, 0.4) is 0 Å². The fourth-order valence-electron chi connectivity index (χ4n) is 4.38. The maximum atomic E-state index is 14.3. The van der Waals surface area contributed by atoms with E-state index in [-0.39, 0.29) is 83.5 Å². The number of thioether (sulfide) groups is 1. The van der Waals surface area contributed by atoms with Gasteiger partial charge in [-0.1, -0.05) is 35.9 Å². The van der Waals surface area contributed by atoms with Gasteiger partial charge in [-0.05, 0) is 80.3 Å². The molecular weight excluding hydrogens is 699 g/mol. The standard InChI is InChI=1S/C32H31ClF4N4O5S.ClH/c1-39(2)15-16-45-30(43)10-6-9-29(42)40-19-27(25-17-22(34)12-14-28(25)40)38-31(44)41(23-7-4-3-5-8-23)46-20-21-11-13-24(18-26(21)33)47-32(35,36)37;/h3-5,7-8,11-14,17-19H,6,9-10,15-16,20H2,1-2H3,(H,38,44);1H. The first kappa shape index (κ1) is 38.6. The minimum Gasteiger partial charge on any atom is -0.464 e. The van der Waals surface area contributed by atoms with Crippen molar-refractivity contribution < 1.29 is 41.5 Å². The average Bonchev–Trinajstić information content (AvgIpc) is 3.35. The molecule has 0 unspecified atom stereocenters.